The number of hydrogen-bond donors (Lipinski definition) is 2. The van der Waals surface area contributed by atoms with Crippen molar-refractivity contribution < 1.29 is 4.79 Å². The molecule has 0 atom stereocenters. The second-order valence-electron chi connectivity index (χ2n) is 4.26. The van der Waals surface area contributed by atoms with E-state index in [0.717, 1.165) is 37.3 Å². The number of piperidine rings is 1. The van der Waals surface area contributed by atoms with Gasteiger partial charge in [-0.15, -0.1) is 0 Å². The Kier molecular flexibility index (Phi) is 2.99. The predicted molar refractivity (Wildman–Crippen MR) is 65.0 cm³/mol. The van der Waals surface area contributed by atoms with Crippen molar-refractivity contribution in [3.05, 3.63) is 24.3 Å². The lowest BCUT2D eigenvalue weighted by atomic mass is 9.96. The van der Waals surface area contributed by atoms with Crippen LogP contribution < -0.4 is 16.4 Å². The molecule has 0 bridgehead atoms. The van der Waals surface area contributed by atoms with Crippen LogP contribution in [-0.2, 0) is 4.79 Å². The molecular weight excluding hydrogens is 202 g/mol. The summed E-state index contributed by atoms with van der Waals surface area (Å²) >= 11 is 0. The highest BCUT2D eigenvalue weighted by Gasteiger charge is 2.23. The molecule has 4 heteroatoms. The van der Waals surface area contributed by atoms with Crippen molar-refractivity contribution in [1.82, 2.24) is 0 Å². The highest BCUT2D eigenvalue weighted by atomic mass is 16.1. The monoisotopic (exact) mass is 219 g/mol. The average Bonchev–Trinajstić information content (AvgIpc) is 2.29. The molecule has 1 amide bonds. The van der Waals surface area contributed by atoms with Gasteiger partial charge in [0.1, 0.15) is 0 Å². The number of nitrogen functional groups attached to an aromatic ring is 1. The summed E-state index contributed by atoms with van der Waals surface area (Å²) in [5.74, 6) is -0.135. The average molecular weight is 219 g/mol. The van der Waals surface area contributed by atoms with Crippen LogP contribution in [0.3, 0.4) is 0 Å². The van der Waals surface area contributed by atoms with Gasteiger partial charge in [0.2, 0.25) is 5.91 Å². The number of amides is 1. The highest BCUT2D eigenvalue weighted by Crippen LogP contribution is 2.24. The molecule has 4 nitrogen and oxygen atoms in total. The first kappa shape index (κ1) is 10.8. The lowest BCUT2D eigenvalue weighted by Crippen LogP contribution is -2.38. The maximum Gasteiger partial charge on any atom is 0.220 e. The minimum Gasteiger partial charge on any atom is -0.399 e. The van der Waals surface area contributed by atoms with Crippen molar-refractivity contribution in [3.8, 4) is 0 Å². The van der Waals surface area contributed by atoms with Gasteiger partial charge in [-0.25, -0.2) is 0 Å². The Labute approximate surface area is 95.2 Å². The molecule has 4 N–H and O–H groups in total. The van der Waals surface area contributed by atoms with Crippen LogP contribution in [0.1, 0.15) is 12.8 Å². The Morgan fingerprint density at radius 2 is 2.00 bits per heavy atom. The molecule has 0 aliphatic carbocycles. The number of carbonyl (C=O) groups is 1. The first-order valence-electron chi connectivity index (χ1n) is 5.56. The molecule has 0 radical (unpaired) electrons. The van der Waals surface area contributed by atoms with E-state index in [2.05, 4.69) is 4.90 Å². The maximum absolute atomic E-state index is 11.0. The molecule has 1 saturated heterocycles. The van der Waals surface area contributed by atoms with Crippen molar-refractivity contribution in [2.24, 2.45) is 11.7 Å². The van der Waals surface area contributed by atoms with Crippen LogP contribution >= 0.6 is 0 Å². The lowest BCUT2D eigenvalue weighted by Gasteiger charge is -2.32. The largest absolute Gasteiger partial charge is 0.399 e. The molecule has 1 aliphatic rings. The minimum absolute atomic E-state index is 0.0392. The van der Waals surface area contributed by atoms with Crippen LogP contribution in [0.4, 0.5) is 11.4 Å². The number of nitrogens with two attached hydrogens (primary N) is 2. The molecule has 1 fully saturated rings. The van der Waals surface area contributed by atoms with Gasteiger partial charge in [-0.2, -0.15) is 0 Å². The molecule has 1 heterocycles. The van der Waals surface area contributed by atoms with Crippen LogP contribution in [0, 0.1) is 5.92 Å². The second kappa shape index (κ2) is 4.43. The number of anilines is 2. The third kappa shape index (κ3) is 2.27. The Morgan fingerprint density at radius 1 is 1.31 bits per heavy atom. The van der Waals surface area contributed by atoms with Crippen molar-refractivity contribution in [2.75, 3.05) is 23.7 Å². The molecule has 0 saturated carbocycles. The number of rotatable bonds is 2. The molecule has 0 unspecified atom stereocenters. The third-order valence-electron chi connectivity index (χ3n) is 3.13. The standard InChI is InChI=1S/C12H17N3O/c13-10-2-1-3-11(8-10)15-6-4-9(5-7-15)12(14)16/h1-3,8-9H,4-7,13H2,(H2,14,16). The lowest BCUT2D eigenvalue weighted by molar-refractivity contribution is -0.122. The number of nitrogens with zero attached hydrogens (tertiary/aromatic N) is 1. The summed E-state index contributed by atoms with van der Waals surface area (Å²) in [4.78, 5) is 13.3. The summed E-state index contributed by atoms with van der Waals surface area (Å²) in [6.45, 7) is 1.74. The van der Waals surface area contributed by atoms with Crippen molar-refractivity contribution >= 4 is 17.3 Å². The molecule has 1 aromatic rings. The van der Waals surface area contributed by atoms with Gasteiger partial charge in [0.15, 0.2) is 0 Å². The summed E-state index contributed by atoms with van der Waals surface area (Å²) in [7, 11) is 0. The quantitative estimate of drug-likeness (QED) is 0.728. The molecule has 0 spiro atoms. The van der Waals surface area contributed by atoms with Gasteiger partial charge in [-0.3, -0.25) is 4.79 Å². The smallest absolute Gasteiger partial charge is 0.220 e. The van der Waals surface area contributed by atoms with E-state index in [9.17, 15) is 4.79 Å². The van der Waals surface area contributed by atoms with E-state index in [0.29, 0.717) is 0 Å². The summed E-state index contributed by atoms with van der Waals surface area (Å²) in [6.07, 6.45) is 1.67. The van der Waals surface area contributed by atoms with E-state index in [1.165, 1.54) is 0 Å². The molecule has 2 rings (SSSR count). The van der Waals surface area contributed by atoms with Crippen molar-refractivity contribution in [3.63, 3.8) is 0 Å². The van der Waals surface area contributed by atoms with Crippen LogP contribution in [-0.4, -0.2) is 19.0 Å². The molecule has 16 heavy (non-hydrogen) atoms. The summed E-state index contributed by atoms with van der Waals surface area (Å²) in [6, 6.07) is 7.83. The van der Waals surface area contributed by atoms with Gasteiger partial charge in [0.25, 0.3) is 0 Å². The zero-order chi connectivity index (χ0) is 11.5. The van der Waals surface area contributed by atoms with Gasteiger partial charge in [0.05, 0.1) is 0 Å². The normalized spacial score (nSPS) is 17.4. The van der Waals surface area contributed by atoms with E-state index in [1.54, 1.807) is 0 Å². The van der Waals surface area contributed by atoms with Gasteiger partial charge < -0.3 is 16.4 Å². The second-order valence-corrected chi connectivity index (χ2v) is 4.26. The Bertz CT molecular complexity index is 384. The van der Waals surface area contributed by atoms with E-state index in [4.69, 9.17) is 11.5 Å². The zero-order valence-electron chi connectivity index (χ0n) is 9.23. The molecule has 1 aromatic carbocycles. The van der Waals surface area contributed by atoms with Crippen LogP contribution in [0.2, 0.25) is 0 Å². The van der Waals surface area contributed by atoms with Gasteiger partial charge >= 0.3 is 0 Å². The fourth-order valence-corrected chi connectivity index (χ4v) is 2.14. The fraction of sp³-hybridized carbons (Fsp3) is 0.417. The minimum atomic E-state index is -0.174. The predicted octanol–water partition coefficient (Wildman–Crippen LogP) is 0.970. The van der Waals surface area contributed by atoms with Crippen molar-refractivity contribution in [1.29, 1.82) is 0 Å². The Morgan fingerprint density at radius 3 is 2.56 bits per heavy atom. The number of carbonyl (C=O) groups excluding carboxylic acids is 1. The first-order chi connectivity index (χ1) is 7.66. The summed E-state index contributed by atoms with van der Waals surface area (Å²) < 4.78 is 0. The van der Waals surface area contributed by atoms with Gasteiger partial charge in [0, 0.05) is 30.4 Å². The van der Waals surface area contributed by atoms with E-state index in [1.807, 2.05) is 24.3 Å². The third-order valence-corrected chi connectivity index (χ3v) is 3.13. The van der Waals surface area contributed by atoms with Gasteiger partial charge in [-0.05, 0) is 31.0 Å². The van der Waals surface area contributed by atoms with Crippen LogP contribution in [0.25, 0.3) is 0 Å². The van der Waals surface area contributed by atoms with E-state index >= 15 is 0 Å². The van der Waals surface area contributed by atoms with Crippen LogP contribution in [0.5, 0.6) is 0 Å². The Hall–Kier alpha value is -1.71. The Balaban J connectivity index is 2.01. The summed E-state index contributed by atoms with van der Waals surface area (Å²) in [5, 5.41) is 0. The first-order valence-corrected chi connectivity index (χ1v) is 5.56. The molecule has 0 aromatic heterocycles. The molecule has 86 valence electrons. The van der Waals surface area contributed by atoms with Crippen LogP contribution in [0.15, 0.2) is 24.3 Å². The number of primary amides is 1. The highest BCUT2D eigenvalue weighted by molar-refractivity contribution is 5.77. The fourth-order valence-electron chi connectivity index (χ4n) is 2.14. The van der Waals surface area contributed by atoms with Gasteiger partial charge in [-0.1, -0.05) is 6.07 Å². The zero-order valence-corrected chi connectivity index (χ0v) is 9.23. The van der Waals surface area contributed by atoms with E-state index < -0.39 is 0 Å². The molecule has 1 aliphatic heterocycles. The summed E-state index contributed by atoms with van der Waals surface area (Å²) in [5.41, 5.74) is 12.9. The SMILES string of the molecule is NC(=O)C1CCN(c2cccc(N)c2)CC1. The van der Waals surface area contributed by atoms with E-state index in [-0.39, 0.29) is 11.8 Å². The topological polar surface area (TPSA) is 72.4 Å². The maximum atomic E-state index is 11.0. The number of hydrogen-bond acceptors (Lipinski definition) is 3. The van der Waals surface area contributed by atoms with Crippen molar-refractivity contribution in [2.45, 2.75) is 12.8 Å². The number of benzene rings is 1. The molecular formula is C12H17N3O.